The number of nitrogens with zero attached hydrogens (tertiary/aromatic N) is 1. The molecule has 0 spiro atoms. The minimum atomic E-state index is -0.545. The highest BCUT2D eigenvalue weighted by atomic mass is 16.5. The van der Waals surface area contributed by atoms with Gasteiger partial charge in [0.05, 0.1) is 25.1 Å². The number of Topliss-reactive ketones (excluding diaryl/α,β-unsaturated/α-hetero) is 1. The number of aromatic nitrogens is 1. The molecule has 0 fully saturated rings. The number of methoxy groups -OCH3 is 2. The zero-order valence-corrected chi connectivity index (χ0v) is 11.1. The number of benzene rings is 1. The lowest BCUT2D eigenvalue weighted by molar-refractivity contribution is -0.139. The van der Waals surface area contributed by atoms with Crippen molar-refractivity contribution >= 4 is 22.7 Å². The van der Waals surface area contributed by atoms with Crippen molar-refractivity contribution in [2.45, 2.75) is 6.42 Å². The summed E-state index contributed by atoms with van der Waals surface area (Å²) in [6.45, 7) is 0. The van der Waals surface area contributed by atoms with Crippen LogP contribution in [0, 0.1) is 0 Å². The molecule has 0 saturated heterocycles. The van der Waals surface area contributed by atoms with Crippen molar-refractivity contribution in [3.8, 4) is 5.75 Å². The Kier molecular flexibility index (Phi) is 3.55. The maximum Gasteiger partial charge on any atom is 0.313 e. The molecule has 19 heavy (non-hydrogen) atoms. The van der Waals surface area contributed by atoms with Crippen molar-refractivity contribution in [1.82, 2.24) is 4.57 Å². The van der Waals surface area contributed by atoms with Gasteiger partial charge in [0.15, 0.2) is 5.78 Å². The number of esters is 1. The number of ketones is 1. The summed E-state index contributed by atoms with van der Waals surface area (Å²) >= 11 is 0. The quantitative estimate of drug-likeness (QED) is 0.479. The summed E-state index contributed by atoms with van der Waals surface area (Å²) in [5.74, 6) is -0.204. The summed E-state index contributed by atoms with van der Waals surface area (Å²) in [5, 5.41) is 0.724. The molecule has 0 aliphatic carbocycles. The summed E-state index contributed by atoms with van der Waals surface area (Å²) in [6, 6.07) is 5.54. The third kappa shape index (κ3) is 2.31. The number of hydrogen-bond acceptors (Lipinski definition) is 4. The van der Waals surface area contributed by atoms with Crippen LogP contribution in [-0.4, -0.2) is 30.5 Å². The van der Waals surface area contributed by atoms with Crippen LogP contribution in [0.3, 0.4) is 0 Å². The van der Waals surface area contributed by atoms with Gasteiger partial charge in [-0.1, -0.05) is 6.07 Å². The molecule has 1 aromatic heterocycles. The highest BCUT2D eigenvalue weighted by Crippen LogP contribution is 2.30. The minimum Gasteiger partial charge on any atom is -0.496 e. The largest absolute Gasteiger partial charge is 0.496 e. The molecular formula is C14H15NO4. The lowest BCUT2D eigenvalue weighted by atomic mass is 10.1. The first-order valence-electron chi connectivity index (χ1n) is 5.80. The Hall–Kier alpha value is -2.30. The van der Waals surface area contributed by atoms with Gasteiger partial charge in [0.1, 0.15) is 12.2 Å². The molecule has 1 aromatic carbocycles. The Morgan fingerprint density at radius 1 is 1.26 bits per heavy atom. The predicted octanol–water partition coefficient (Wildman–Crippen LogP) is 1.93. The monoisotopic (exact) mass is 261 g/mol. The first-order chi connectivity index (χ1) is 9.08. The Labute approximate surface area is 110 Å². The number of hydrogen-bond donors (Lipinski definition) is 0. The lowest BCUT2D eigenvalue weighted by Crippen LogP contribution is -2.09. The standard InChI is InChI=1S/C14H15NO4/c1-15-8-9(11(16)7-13(17)19-3)14-10(15)5-4-6-12(14)18-2/h4-6,8H,7H2,1-3H3. The van der Waals surface area contributed by atoms with Crippen molar-refractivity contribution < 1.29 is 19.1 Å². The van der Waals surface area contributed by atoms with Crippen LogP contribution in [-0.2, 0) is 16.6 Å². The molecule has 0 saturated carbocycles. The van der Waals surface area contributed by atoms with Crippen LogP contribution in [0.5, 0.6) is 5.75 Å². The van der Waals surface area contributed by atoms with E-state index in [1.165, 1.54) is 7.11 Å². The van der Waals surface area contributed by atoms with Gasteiger partial charge in [-0.15, -0.1) is 0 Å². The second-order valence-electron chi connectivity index (χ2n) is 4.18. The van der Waals surface area contributed by atoms with E-state index in [0.29, 0.717) is 11.3 Å². The molecule has 100 valence electrons. The second kappa shape index (κ2) is 5.14. The van der Waals surface area contributed by atoms with Crippen molar-refractivity contribution in [3.05, 3.63) is 30.0 Å². The van der Waals surface area contributed by atoms with Gasteiger partial charge in [0.2, 0.25) is 0 Å². The van der Waals surface area contributed by atoms with E-state index in [9.17, 15) is 9.59 Å². The van der Waals surface area contributed by atoms with E-state index in [2.05, 4.69) is 4.74 Å². The molecule has 0 radical (unpaired) electrons. The van der Waals surface area contributed by atoms with Crippen LogP contribution in [0.2, 0.25) is 0 Å². The molecule has 0 aliphatic heterocycles. The molecule has 5 heteroatoms. The van der Waals surface area contributed by atoms with Crippen molar-refractivity contribution in [2.75, 3.05) is 14.2 Å². The fraction of sp³-hybridized carbons (Fsp3) is 0.286. The molecule has 0 aliphatic rings. The maximum absolute atomic E-state index is 12.1. The third-order valence-electron chi connectivity index (χ3n) is 3.03. The van der Waals surface area contributed by atoms with Crippen molar-refractivity contribution in [2.24, 2.45) is 7.05 Å². The molecular weight excluding hydrogens is 246 g/mol. The maximum atomic E-state index is 12.1. The summed E-state index contributed by atoms with van der Waals surface area (Å²) in [4.78, 5) is 23.4. The lowest BCUT2D eigenvalue weighted by Gasteiger charge is -2.04. The molecule has 0 bridgehead atoms. The van der Waals surface area contributed by atoms with Crippen LogP contribution in [0.1, 0.15) is 16.8 Å². The molecule has 2 aromatic rings. The van der Waals surface area contributed by atoms with Crippen molar-refractivity contribution in [1.29, 1.82) is 0 Å². The van der Waals surface area contributed by atoms with Gasteiger partial charge in [-0.05, 0) is 12.1 Å². The Morgan fingerprint density at radius 2 is 2.00 bits per heavy atom. The Morgan fingerprint density at radius 3 is 2.63 bits per heavy atom. The minimum absolute atomic E-state index is 0.270. The Balaban J connectivity index is 2.54. The summed E-state index contributed by atoms with van der Waals surface area (Å²) in [5.41, 5.74) is 1.35. The van der Waals surface area contributed by atoms with Gasteiger partial charge < -0.3 is 14.0 Å². The second-order valence-corrected chi connectivity index (χ2v) is 4.18. The zero-order valence-electron chi connectivity index (χ0n) is 11.1. The van der Waals surface area contributed by atoms with Crippen LogP contribution in [0.4, 0.5) is 0 Å². The summed E-state index contributed by atoms with van der Waals surface area (Å²) < 4.78 is 11.6. The fourth-order valence-electron chi connectivity index (χ4n) is 2.09. The van der Waals surface area contributed by atoms with Gasteiger partial charge in [-0.25, -0.2) is 0 Å². The van der Waals surface area contributed by atoms with E-state index >= 15 is 0 Å². The van der Waals surface area contributed by atoms with E-state index in [1.807, 2.05) is 23.7 Å². The van der Waals surface area contributed by atoms with Gasteiger partial charge in [0.25, 0.3) is 0 Å². The first kappa shape index (κ1) is 13.1. The van der Waals surface area contributed by atoms with E-state index in [4.69, 9.17) is 4.74 Å². The molecule has 1 heterocycles. The average Bonchev–Trinajstić information content (AvgIpc) is 2.76. The first-order valence-corrected chi connectivity index (χ1v) is 5.80. The van der Waals surface area contributed by atoms with Crippen LogP contribution >= 0.6 is 0 Å². The van der Waals surface area contributed by atoms with Crippen LogP contribution in [0.25, 0.3) is 10.9 Å². The topological polar surface area (TPSA) is 57.5 Å². The van der Waals surface area contributed by atoms with E-state index in [1.54, 1.807) is 19.4 Å². The molecule has 0 atom stereocenters. The number of fused-ring (bicyclic) bond motifs is 1. The number of carbonyl (C=O) groups is 2. The number of rotatable bonds is 4. The van der Waals surface area contributed by atoms with Crippen LogP contribution < -0.4 is 4.74 Å². The molecule has 0 amide bonds. The molecule has 2 rings (SSSR count). The molecule has 0 unspecified atom stereocenters. The highest BCUT2D eigenvalue weighted by Gasteiger charge is 2.19. The highest BCUT2D eigenvalue weighted by molar-refractivity contribution is 6.14. The van der Waals surface area contributed by atoms with E-state index < -0.39 is 5.97 Å². The normalized spacial score (nSPS) is 10.5. The van der Waals surface area contributed by atoms with E-state index in [0.717, 1.165) is 10.9 Å². The molecule has 0 N–H and O–H groups in total. The third-order valence-corrected chi connectivity index (χ3v) is 3.03. The van der Waals surface area contributed by atoms with Gasteiger partial charge in [-0.2, -0.15) is 0 Å². The average molecular weight is 261 g/mol. The van der Waals surface area contributed by atoms with E-state index in [-0.39, 0.29) is 12.2 Å². The summed E-state index contributed by atoms with van der Waals surface area (Å²) in [7, 11) is 4.66. The van der Waals surface area contributed by atoms with Gasteiger partial charge in [0, 0.05) is 18.8 Å². The fourth-order valence-corrected chi connectivity index (χ4v) is 2.09. The SMILES string of the molecule is COC(=O)CC(=O)c1cn(C)c2cccc(OC)c12. The smallest absolute Gasteiger partial charge is 0.313 e. The van der Waals surface area contributed by atoms with Gasteiger partial charge in [-0.3, -0.25) is 9.59 Å². The molecule has 5 nitrogen and oxygen atoms in total. The van der Waals surface area contributed by atoms with Crippen molar-refractivity contribution in [3.63, 3.8) is 0 Å². The van der Waals surface area contributed by atoms with Gasteiger partial charge >= 0.3 is 5.97 Å². The number of aryl methyl sites for hydroxylation is 1. The number of ether oxygens (including phenoxy) is 2. The Bertz CT molecular complexity index is 642. The predicted molar refractivity (Wildman–Crippen MR) is 70.4 cm³/mol. The summed E-state index contributed by atoms with van der Waals surface area (Å²) in [6.07, 6.45) is 1.44. The number of carbonyl (C=O) groups excluding carboxylic acids is 2. The zero-order chi connectivity index (χ0) is 14.0. The van der Waals surface area contributed by atoms with Crippen LogP contribution in [0.15, 0.2) is 24.4 Å².